The molecular formula is C16H22N2. The minimum absolute atomic E-state index is 0.441. The van der Waals surface area contributed by atoms with Gasteiger partial charge in [-0.3, -0.25) is 5.32 Å². The molecule has 0 bridgehead atoms. The van der Waals surface area contributed by atoms with Gasteiger partial charge in [-0.2, -0.15) is 5.26 Å². The van der Waals surface area contributed by atoms with Crippen LogP contribution < -0.4 is 5.32 Å². The van der Waals surface area contributed by atoms with Crippen LogP contribution in [0.3, 0.4) is 0 Å². The van der Waals surface area contributed by atoms with Gasteiger partial charge in [-0.25, -0.2) is 0 Å². The van der Waals surface area contributed by atoms with E-state index in [0.29, 0.717) is 6.04 Å². The van der Waals surface area contributed by atoms with Crippen molar-refractivity contribution in [2.75, 3.05) is 0 Å². The zero-order valence-corrected chi connectivity index (χ0v) is 11.2. The molecule has 0 aromatic heterocycles. The molecule has 96 valence electrons. The largest absolute Gasteiger partial charge is 0.297 e. The van der Waals surface area contributed by atoms with Crippen LogP contribution in [0.2, 0.25) is 0 Å². The SMILES string of the molecule is CC(C#N)(Cc1ccccc1)NC1CCCCC1. The molecule has 0 aliphatic heterocycles. The zero-order valence-electron chi connectivity index (χ0n) is 11.2. The Morgan fingerprint density at radius 2 is 1.89 bits per heavy atom. The van der Waals surface area contributed by atoms with E-state index in [1.807, 2.05) is 25.1 Å². The van der Waals surface area contributed by atoms with Crippen molar-refractivity contribution in [1.29, 1.82) is 5.26 Å². The van der Waals surface area contributed by atoms with Crippen LogP contribution in [0.4, 0.5) is 0 Å². The van der Waals surface area contributed by atoms with E-state index in [4.69, 9.17) is 0 Å². The smallest absolute Gasteiger partial charge is 0.108 e. The maximum absolute atomic E-state index is 9.46. The van der Waals surface area contributed by atoms with Crippen molar-refractivity contribution in [2.24, 2.45) is 0 Å². The van der Waals surface area contributed by atoms with Crippen LogP contribution in [0.15, 0.2) is 30.3 Å². The monoisotopic (exact) mass is 242 g/mol. The molecule has 2 rings (SSSR count). The normalized spacial score (nSPS) is 20.0. The van der Waals surface area contributed by atoms with Gasteiger partial charge in [-0.1, -0.05) is 49.6 Å². The van der Waals surface area contributed by atoms with E-state index in [-0.39, 0.29) is 0 Å². The van der Waals surface area contributed by atoms with Gasteiger partial charge in [0.05, 0.1) is 6.07 Å². The van der Waals surface area contributed by atoms with Crippen LogP contribution in [0.25, 0.3) is 0 Å². The number of hydrogen-bond donors (Lipinski definition) is 1. The Kier molecular flexibility index (Phi) is 4.38. The molecule has 1 aliphatic rings. The van der Waals surface area contributed by atoms with E-state index in [1.54, 1.807) is 0 Å². The van der Waals surface area contributed by atoms with E-state index in [9.17, 15) is 5.26 Å². The van der Waals surface area contributed by atoms with Crippen molar-refractivity contribution in [3.8, 4) is 6.07 Å². The Morgan fingerprint density at radius 1 is 1.22 bits per heavy atom. The average Bonchev–Trinajstić information content (AvgIpc) is 2.41. The molecule has 1 fully saturated rings. The topological polar surface area (TPSA) is 35.8 Å². The second kappa shape index (κ2) is 6.02. The summed E-state index contributed by atoms with van der Waals surface area (Å²) in [6.45, 7) is 2.02. The zero-order chi connectivity index (χ0) is 12.8. The summed E-state index contributed by atoms with van der Waals surface area (Å²) in [5, 5.41) is 13.0. The fraction of sp³-hybridized carbons (Fsp3) is 0.562. The summed E-state index contributed by atoms with van der Waals surface area (Å²) >= 11 is 0. The van der Waals surface area contributed by atoms with Gasteiger partial charge in [-0.15, -0.1) is 0 Å². The molecule has 1 aromatic carbocycles. The Hall–Kier alpha value is -1.33. The second-order valence-corrected chi connectivity index (χ2v) is 5.59. The molecular weight excluding hydrogens is 220 g/mol. The Labute approximate surface area is 110 Å². The lowest BCUT2D eigenvalue weighted by molar-refractivity contribution is 0.305. The van der Waals surface area contributed by atoms with Crippen molar-refractivity contribution in [1.82, 2.24) is 5.32 Å². The maximum atomic E-state index is 9.46. The molecule has 2 nitrogen and oxygen atoms in total. The molecule has 0 radical (unpaired) electrons. The summed E-state index contributed by atoms with van der Waals surface area (Å²) in [6, 6.07) is 13.3. The molecule has 0 spiro atoms. The fourth-order valence-electron chi connectivity index (χ4n) is 2.82. The van der Waals surface area contributed by atoms with Crippen molar-refractivity contribution in [3.63, 3.8) is 0 Å². The third kappa shape index (κ3) is 3.58. The molecule has 1 N–H and O–H groups in total. The van der Waals surface area contributed by atoms with Crippen molar-refractivity contribution in [2.45, 2.75) is 57.0 Å². The van der Waals surface area contributed by atoms with Crippen LogP contribution in [0.5, 0.6) is 0 Å². The lowest BCUT2D eigenvalue weighted by Crippen LogP contribution is -2.49. The third-order valence-electron chi connectivity index (χ3n) is 3.78. The summed E-state index contributed by atoms with van der Waals surface area (Å²) in [5.41, 5.74) is 0.786. The van der Waals surface area contributed by atoms with Crippen LogP contribution in [0, 0.1) is 11.3 Å². The minimum Gasteiger partial charge on any atom is -0.297 e. The first kappa shape index (κ1) is 13.1. The first-order valence-electron chi connectivity index (χ1n) is 6.95. The molecule has 1 atom stereocenters. The number of hydrogen-bond acceptors (Lipinski definition) is 2. The highest BCUT2D eigenvalue weighted by Crippen LogP contribution is 2.21. The molecule has 1 saturated carbocycles. The number of nitriles is 1. The summed E-state index contributed by atoms with van der Waals surface area (Å²) < 4.78 is 0. The highest BCUT2D eigenvalue weighted by atomic mass is 15.0. The van der Waals surface area contributed by atoms with E-state index in [1.165, 1.54) is 37.7 Å². The lowest BCUT2D eigenvalue weighted by Gasteiger charge is -2.32. The summed E-state index contributed by atoms with van der Waals surface area (Å²) in [7, 11) is 0. The number of rotatable bonds is 4. The van der Waals surface area contributed by atoms with E-state index in [2.05, 4.69) is 23.5 Å². The molecule has 2 heteroatoms. The molecule has 1 aromatic rings. The van der Waals surface area contributed by atoms with Crippen molar-refractivity contribution >= 4 is 0 Å². The second-order valence-electron chi connectivity index (χ2n) is 5.59. The molecule has 0 amide bonds. The average molecular weight is 242 g/mol. The van der Waals surface area contributed by atoms with E-state index in [0.717, 1.165) is 6.42 Å². The van der Waals surface area contributed by atoms with Gasteiger partial charge in [0.15, 0.2) is 0 Å². The molecule has 0 saturated heterocycles. The Balaban J connectivity index is 1.99. The quantitative estimate of drug-likeness (QED) is 0.878. The van der Waals surface area contributed by atoms with Gasteiger partial charge in [-0.05, 0) is 25.3 Å². The number of benzene rings is 1. The van der Waals surface area contributed by atoms with E-state index < -0.39 is 5.54 Å². The number of nitrogens with zero attached hydrogens (tertiary/aromatic N) is 1. The van der Waals surface area contributed by atoms with Crippen molar-refractivity contribution < 1.29 is 0 Å². The number of nitrogens with one attached hydrogen (secondary N) is 1. The molecule has 1 unspecified atom stereocenters. The van der Waals surface area contributed by atoms with Crippen LogP contribution >= 0.6 is 0 Å². The maximum Gasteiger partial charge on any atom is 0.108 e. The minimum atomic E-state index is -0.441. The van der Waals surface area contributed by atoms with E-state index >= 15 is 0 Å². The van der Waals surface area contributed by atoms with Crippen LogP contribution in [-0.2, 0) is 6.42 Å². The first-order chi connectivity index (χ1) is 8.72. The third-order valence-corrected chi connectivity index (χ3v) is 3.78. The summed E-state index contributed by atoms with van der Waals surface area (Å²) in [5.74, 6) is 0. The Morgan fingerprint density at radius 3 is 2.50 bits per heavy atom. The van der Waals surface area contributed by atoms with Gasteiger partial charge in [0.2, 0.25) is 0 Å². The lowest BCUT2D eigenvalue weighted by atomic mass is 9.89. The molecule has 0 heterocycles. The Bertz CT molecular complexity index is 401. The van der Waals surface area contributed by atoms with Gasteiger partial charge < -0.3 is 0 Å². The first-order valence-corrected chi connectivity index (χ1v) is 6.95. The van der Waals surface area contributed by atoms with Gasteiger partial charge >= 0.3 is 0 Å². The standard InChI is InChI=1S/C16H22N2/c1-16(13-17,12-14-8-4-2-5-9-14)18-15-10-6-3-7-11-15/h2,4-5,8-9,15,18H,3,6-7,10-12H2,1H3. The molecule has 1 aliphatic carbocycles. The molecule has 18 heavy (non-hydrogen) atoms. The highest BCUT2D eigenvalue weighted by molar-refractivity contribution is 5.21. The predicted octanol–water partition coefficient (Wildman–Crippen LogP) is 3.43. The highest BCUT2D eigenvalue weighted by Gasteiger charge is 2.28. The van der Waals surface area contributed by atoms with Gasteiger partial charge in [0.1, 0.15) is 5.54 Å². The van der Waals surface area contributed by atoms with Gasteiger partial charge in [0, 0.05) is 12.5 Å². The predicted molar refractivity (Wildman–Crippen MR) is 74.2 cm³/mol. The summed E-state index contributed by atoms with van der Waals surface area (Å²) in [4.78, 5) is 0. The van der Waals surface area contributed by atoms with Crippen molar-refractivity contribution in [3.05, 3.63) is 35.9 Å². The van der Waals surface area contributed by atoms with Crippen LogP contribution in [-0.4, -0.2) is 11.6 Å². The van der Waals surface area contributed by atoms with Gasteiger partial charge in [0.25, 0.3) is 0 Å². The summed E-state index contributed by atoms with van der Waals surface area (Å²) in [6.07, 6.45) is 7.15. The van der Waals surface area contributed by atoms with Crippen LogP contribution in [0.1, 0.15) is 44.6 Å². The fourth-order valence-corrected chi connectivity index (χ4v) is 2.82.